The van der Waals surface area contributed by atoms with Crippen LogP contribution in [0.4, 0.5) is 0 Å². The number of aromatic nitrogens is 1. The summed E-state index contributed by atoms with van der Waals surface area (Å²) in [6.07, 6.45) is 8.01. The molecule has 5 heteroatoms. The van der Waals surface area contributed by atoms with Gasteiger partial charge in [0.2, 0.25) is 5.91 Å². The average Bonchev–Trinajstić information content (AvgIpc) is 2.64. The Kier molecular flexibility index (Phi) is 6.43. The van der Waals surface area contributed by atoms with E-state index in [4.69, 9.17) is 4.74 Å². The minimum absolute atomic E-state index is 0.295. The van der Waals surface area contributed by atoms with Gasteiger partial charge in [0.05, 0.1) is 0 Å². The third-order valence-corrected chi connectivity index (χ3v) is 5.68. The lowest BCUT2D eigenvalue weighted by molar-refractivity contribution is -0.139. The molecule has 1 aromatic heterocycles. The van der Waals surface area contributed by atoms with Crippen molar-refractivity contribution in [2.24, 2.45) is 5.41 Å². The van der Waals surface area contributed by atoms with Gasteiger partial charge in [0, 0.05) is 70.0 Å². The Morgan fingerprint density at radius 1 is 1.24 bits per heavy atom. The normalized spacial score (nSPS) is 24.8. The van der Waals surface area contributed by atoms with Crippen molar-refractivity contribution in [1.29, 1.82) is 0 Å². The molecule has 0 saturated carbocycles. The first-order valence-corrected chi connectivity index (χ1v) is 9.60. The maximum Gasteiger partial charge on any atom is 0.222 e. The van der Waals surface area contributed by atoms with Gasteiger partial charge >= 0.3 is 0 Å². The number of ether oxygens (including phenoxy) is 1. The van der Waals surface area contributed by atoms with Crippen molar-refractivity contribution >= 4 is 5.91 Å². The van der Waals surface area contributed by atoms with E-state index in [9.17, 15) is 4.79 Å². The highest BCUT2D eigenvalue weighted by Crippen LogP contribution is 2.38. The van der Waals surface area contributed by atoms with Crippen molar-refractivity contribution in [3.8, 4) is 0 Å². The van der Waals surface area contributed by atoms with Crippen molar-refractivity contribution in [2.75, 3.05) is 46.4 Å². The Morgan fingerprint density at radius 2 is 2.16 bits per heavy atom. The molecule has 1 spiro atoms. The summed E-state index contributed by atoms with van der Waals surface area (Å²) in [6.45, 7) is 5.97. The molecule has 0 radical (unpaired) electrons. The third-order valence-electron chi connectivity index (χ3n) is 5.68. The van der Waals surface area contributed by atoms with Gasteiger partial charge in [0.1, 0.15) is 0 Å². The number of methoxy groups -OCH3 is 1. The smallest absolute Gasteiger partial charge is 0.222 e. The van der Waals surface area contributed by atoms with Gasteiger partial charge in [0.25, 0.3) is 0 Å². The summed E-state index contributed by atoms with van der Waals surface area (Å²) in [7, 11) is 1.77. The number of nitrogens with zero attached hydrogens (tertiary/aromatic N) is 3. The molecule has 0 aliphatic carbocycles. The molecule has 5 nitrogen and oxygen atoms in total. The van der Waals surface area contributed by atoms with Crippen molar-refractivity contribution < 1.29 is 9.53 Å². The molecular formula is C20H31N3O2. The number of piperidine rings is 2. The second-order valence-electron chi connectivity index (χ2n) is 7.61. The topological polar surface area (TPSA) is 45.7 Å². The van der Waals surface area contributed by atoms with Crippen LogP contribution in [0.5, 0.6) is 0 Å². The predicted octanol–water partition coefficient (Wildman–Crippen LogP) is 2.37. The van der Waals surface area contributed by atoms with Crippen molar-refractivity contribution in [2.45, 2.75) is 38.5 Å². The second kappa shape index (κ2) is 8.77. The Hall–Kier alpha value is -1.46. The fourth-order valence-corrected chi connectivity index (χ4v) is 4.37. The molecule has 1 atom stereocenters. The van der Waals surface area contributed by atoms with E-state index in [2.05, 4.69) is 14.8 Å². The summed E-state index contributed by atoms with van der Waals surface area (Å²) in [5.74, 6) is 0.318. The summed E-state index contributed by atoms with van der Waals surface area (Å²) in [5.41, 5.74) is 1.36. The zero-order valence-corrected chi connectivity index (χ0v) is 15.5. The fraction of sp³-hybridized carbons (Fsp3) is 0.700. The molecular weight excluding hydrogens is 314 g/mol. The van der Waals surface area contributed by atoms with E-state index in [0.29, 0.717) is 17.7 Å². The highest BCUT2D eigenvalue weighted by Gasteiger charge is 2.41. The lowest BCUT2D eigenvalue weighted by Crippen LogP contribution is -2.54. The molecule has 2 fully saturated rings. The molecule has 2 aliphatic heterocycles. The van der Waals surface area contributed by atoms with Crippen LogP contribution in [0.25, 0.3) is 0 Å². The zero-order chi connectivity index (χ0) is 17.5. The summed E-state index contributed by atoms with van der Waals surface area (Å²) in [6, 6.07) is 5.99. The van der Waals surface area contributed by atoms with Crippen LogP contribution in [-0.4, -0.2) is 67.1 Å². The van der Waals surface area contributed by atoms with Gasteiger partial charge in [-0.2, -0.15) is 0 Å². The van der Waals surface area contributed by atoms with Crippen molar-refractivity contribution in [3.05, 3.63) is 30.1 Å². The van der Waals surface area contributed by atoms with E-state index in [1.807, 2.05) is 24.4 Å². The Balaban J connectivity index is 1.56. The summed E-state index contributed by atoms with van der Waals surface area (Å²) >= 11 is 0. The third kappa shape index (κ3) is 5.02. The number of hydrogen-bond acceptors (Lipinski definition) is 4. The van der Waals surface area contributed by atoms with E-state index < -0.39 is 0 Å². The molecule has 1 amide bonds. The van der Waals surface area contributed by atoms with Gasteiger partial charge in [-0.3, -0.25) is 9.78 Å². The predicted molar refractivity (Wildman–Crippen MR) is 98.4 cm³/mol. The lowest BCUT2D eigenvalue weighted by Gasteiger charge is -2.48. The maximum atomic E-state index is 12.4. The highest BCUT2D eigenvalue weighted by atomic mass is 16.5. The molecule has 0 bridgehead atoms. The van der Waals surface area contributed by atoms with Crippen LogP contribution < -0.4 is 0 Å². The first-order valence-electron chi connectivity index (χ1n) is 9.60. The fourth-order valence-electron chi connectivity index (χ4n) is 4.37. The SMILES string of the molecule is COCCCN1CCC[C@@]2(CCC(=O)N(CCc3ccccn3)C2)C1. The molecule has 138 valence electrons. The summed E-state index contributed by atoms with van der Waals surface area (Å²) < 4.78 is 5.19. The lowest BCUT2D eigenvalue weighted by atomic mass is 9.73. The standard InChI is InChI=1S/C20H31N3O2/c1-25-15-5-13-22-12-4-9-20(16-22)10-7-19(24)23(17-20)14-8-18-6-2-3-11-21-18/h2-3,6,11H,4-5,7-10,12-17H2,1H3/t20-/m1/s1. The van der Waals surface area contributed by atoms with E-state index >= 15 is 0 Å². The number of amides is 1. The second-order valence-corrected chi connectivity index (χ2v) is 7.61. The van der Waals surface area contributed by atoms with Crippen molar-refractivity contribution in [1.82, 2.24) is 14.8 Å². The molecule has 3 rings (SSSR count). The number of hydrogen-bond donors (Lipinski definition) is 0. The number of carbonyl (C=O) groups is 1. The van der Waals surface area contributed by atoms with E-state index in [-0.39, 0.29) is 0 Å². The van der Waals surface area contributed by atoms with Gasteiger partial charge in [0.15, 0.2) is 0 Å². The van der Waals surface area contributed by atoms with Crippen molar-refractivity contribution in [3.63, 3.8) is 0 Å². The quantitative estimate of drug-likeness (QED) is 0.712. The Labute approximate surface area is 151 Å². The van der Waals surface area contributed by atoms with Gasteiger partial charge in [-0.25, -0.2) is 0 Å². The molecule has 25 heavy (non-hydrogen) atoms. The molecule has 0 aromatic carbocycles. The summed E-state index contributed by atoms with van der Waals surface area (Å²) in [4.78, 5) is 21.5. The van der Waals surface area contributed by atoms with E-state index in [0.717, 1.165) is 57.7 Å². The van der Waals surface area contributed by atoms with Crippen LogP contribution in [0.2, 0.25) is 0 Å². The van der Waals surface area contributed by atoms with Crippen LogP contribution in [-0.2, 0) is 16.0 Å². The van der Waals surface area contributed by atoms with E-state index in [1.54, 1.807) is 7.11 Å². The van der Waals surface area contributed by atoms with Crippen LogP contribution in [0, 0.1) is 5.41 Å². The monoisotopic (exact) mass is 345 g/mol. The van der Waals surface area contributed by atoms with Gasteiger partial charge in [-0.15, -0.1) is 0 Å². The minimum Gasteiger partial charge on any atom is -0.385 e. The maximum absolute atomic E-state index is 12.4. The molecule has 0 N–H and O–H groups in total. The number of likely N-dealkylation sites (tertiary alicyclic amines) is 2. The Bertz CT molecular complexity index is 551. The van der Waals surface area contributed by atoms with Gasteiger partial charge in [-0.05, 0) is 44.4 Å². The molecule has 3 heterocycles. The van der Waals surface area contributed by atoms with Crippen LogP contribution in [0.1, 0.15) is 37.8 Å². The molecule has 1 aromatic rings. The minimum atomic E-state index is 0.295. The number of pyridine rings is 1. The first-order chi connectivity index (χ1) is 12.2. The zero-order valence-electron chi connectivity index (χ0n) is 15.5. The highest BCUT2D eigenvalue weighted by molar-refractivity contribution is 5.77. The van der Waals surface area contributed by atoms with Crippen LogP contribution in [0.15, 0.2) is 24.4 Å². The van der Waals surface area contributed by atoms with E-state index in [1.165, 1.54) is 19.4 Å². The first kappa shape index (κ1) is 18.3. The van der Waals surface area contributed by atoms with Gasteiger partial charge < -0.3 is 14.5 Å². The summed E-state index contributed by atoms with van der Waals surface area (Å²) in [5, 5.41) is 0. The molecule has 2 aliphatic rings. The van der Waals surface area contributed by atoms with Crippen LogP contribution >= 0.6 is 0 Å². The Morgan fingerprint density at radius 3 is 2.96 bits per heavy atom. The number of rotatable bonds is 7. The number of carbonyl (C=O) groups excluding carboxylic acids is 1. The molecule has 2 saturated heterocycles. The van der Waals surface area contributed by atoms with Crippen LogP contribution in [0.3, 0.4) is 0 Å². The van der Waals surface area contributed by atoms with Gasteiger partial charge in [-0.1, -0.05) is 6.07 Å². The average molecular weight is 345 g/mol. The molecule has 0 unspecified atom stereocenters. The largest absolute Gasteiger partial charge is 0.385 e.